The minimum Gasteiger partial charge on any atom is -0.310 e. The van der Waals surface area contributed by atoms with Crippen LogP contribution >= 0.6 is 0 Å². The van der Waals surface area contributed by atoms with E-state index in [0.29, 0.717) is 0 Å². The Labute approximate surface area is 402 Å². The quantitative estimate of drug-likeness (QED) is 0.140. The van der Waals surface area contributed by atoms with Crippen LogP contribution in [0.1, 0.15) is 91.6 Å². The van der Waals surface area contributed by atoms with Gasteiger partial charge in [0.1, 0.15) is 0 Å². The third-order valence-electron chi connectivity index (χ3n) is 15.6. The Balaban J connectivity index is 0.849. The van der Waals surface area contributed by atoms with Crippen LogP contribution in [0.25, 0.3) is 45.5 Å². The topological polar surface area (TPSA) is 6.48 Å². The van der Waals surface area contributed by atoms with E-state index in [-0.39, 0.29) is 16.2 Å². The average Bonchev–Trinajstić information content (AvgIpc) is 3.83. The van der Waals surface area contributed by atoms with E-state index in [0.717, 1.165) is 11.4 Å². The summed E-state index contributed by atoms with van der Waals surface area (Å²) in [7, 11) is 0. The number of fused-ring (bicyclic) bond motifs is 9. The molecule has 12 rings (SSSR count). The lowest BCUT2D eigenvalue weighted by atomic mass is 9.81. The number of aryl methyl sites for hydroxylation is 1. The fourth-order valence-corrected chi connectivity index (χ4v) is 11.8. The Hall–Kier alpha value is -7.68. The van der Waals surface area contributed by atoms with Gasteiger partial charge in [0.05, 0.1) is 0 Å². The fraction of sp³-hybridized carbons (Fsp3) is 0.152. The molecule has 330 valence electrons. The second kappa shape index (κ2) is 15.4. The van der Waals surface area contributed by atoms with Crippen LogP contribution in [0.4, 0.5) is 34.1 Å². The molecule has 0 fully saturated rings. The first-order valence-electron chi connectivity index (χ1n) is 24.2. The van der Waals surface area contributed by atoms with Crippen LogP contribution in [0.5, 0.6) is 0 Å². The maximum Gasteiger partial charge on any atom is 0.0490 e. The monoisotopic (exact) mass is 876 g/mol. The first-order chi connectivity index (χ1) is 32.9. The second-order valence-corrected chi connectivity index (χ2v) is 20.7. The van der Waals surface area contributed by atoms with E-state index < -0.39 is 0 Å². The van der Waals surface area contributed by atoms with Gasteiger partial charge in [-0.05, 0) is 157 Å². The molecule has 3 aliphatic carbocycles. The Morgan fingerprint density at radius 2 is 0.647 bits per heavy atom. The molecule has 0 bridgehead atoms. The first kappa shape index (κ1) is 41.7. The molecule has 0 aromatic heterocycles. The minimum absolute atomic E-state index is 0.0880. The van der Waals surface area contributed by atoms with E-state index in [1.54, 1.807) is 0 Å². The van der Waals surface area contributed by atoms with Crippen molar-refractivity contribution in [2.75, 3.05) is 9.80 Å². The molecule has 9 aromatic rings. The number of benzene rings is 9. The molecule has 0 saturated carbocycles. The van der Waals surface area contributed by atoms with E-state index in [2.05, 4.69) is 271 Å². The highest BCUT2D eigenvalue weighted by atomic mass is 15.1. The molecule has 0 unspecified atom stereocenters. The molecular weight excluding hydrogens is 821 g/mol. The zero-order chi connectivity index (χ0) is 46.5. The molecule has 0 atom stereocenters. The lowest BCUT2D eigenvalue weighted by Gasteiger charge is -2.30. The van der Waals surface area contributed by atoms with Crippen molar-refractivity contribution in [3.8, 4) is 33.4 Å². The van der Waals surface area contributed by atoms with Gasteiger partial charge in [0, 0.05) is 50.4 Å². The summed E-state index contributed by atoms with van der Waals surface area (Å²) in [5.41, 5.74) is 26.4. The predicted octanol–water partition coefficient (Wildman–Crippen LogP) is 18.0. The van der Waals surface area contributed by atoms with Gasteiger partial charge in [-0.15, -0.1) is 0 Å². The van der Waals surface area contributed by atoms with Crippen LogP contribution in [-0.4, -0.2) is 0 Å². The number of nitrogens with zero attached hydrogens (tertiary/aromatic N) is 2. The van der Waals surface area contributed by atoms with Crippen molar-refractivity contribution >= 4 is 46.3 Å². The number of anilines is 6. The summed E-state index contributed by atoms with van der Waals surface area (Å²) in [6.45, 7) is 16.5. The van der Waals surface area contributed by atoms with Crippen LogP contribution in [-0.2, 0) is 16.2 Å². The van der Waals surface area contributed by atoms with E-state index >= 15 is 0 Å². The van der Waals surface area contributed by atoms with Crippen molar-refractivity contribution in [3.05, 3.63) is 250 Å². The summed E-state index contributed by atoms with van der Waals surface area (Å²) >= 11 is 0. The first-order valence-corrected chi connectivity index (χ1v) is 24.2. The van der Waals surface area contributed by atoms with Crippen molar-refractivity contribution in [1.29, 1.82) is 0 Å². The molecule has 0 radical (unpaired) electrons. The van der Waals surface area contributed by atoms with Crippen LogP contribution < -0.4 is 9.80 Å². The van der Waals surface area contributed by atoms with Crippen molar-refractivity contribution in [2.45, 2.75) is 64.7 Å². The maximum atomic E-state index is 2.47. The standard InChI is InChI=1S/C66H56N2/c1-43-18-14-17-25-63(43)68(49-31-36-54-51-23-15-16-24-57(51)64(2,3)60(54)41-49)50-32-37-56-53-34-29-45(39-59(53)66(6,7)62(56)42-50)27-26-44-28-33-52-55-35-30-48(40-61(55)65(4,5)58(52)38-44)67(46-19-10-8-11-20-46)47-21-12-9-13-22-47/h8-42H,1-7H3/b27-26+. The summed E-state index contributed by atoms with van der Waals surface area (Å²) in [6, 6.07) is 74.4. The van der Waals surface area contributed by atoms with E-state index in [1.807, 2.05) is 0 Å². The second-order valence-electron chi connectivity index (χ2n) is 20.7. The molecule has 0 saturated heterocycles. The Morgan fingerprint density at radius 3 is 1.12 bits per heavy atom. The predicted molar refractivity (Wildman–Crippen MR) is 289 cm³/mol. The molecular formula is C66H56N2. The third kappa shape index (κ3) is 6.45. The van der Waals surface area contributed by atoms with Gasteiger partial charge < -0.3 is 9.80 Å². The molecule has 0 aliphatic heterocycles. The molecule has 3 aliphatic rings. The van der Waals surface area contributed by atoms with Crippen LogP contribution in [0.2, 0.25) is 0 Å². The normalized spacial score (nSPS) is 15.0. The number of rotatable bonds is 8. The van der Waals surface area contributed by atoms with Gasteiger partial charge in [-0.1, -0.05) is 187 Å². The Morgan fingerprint density at radius 1 is 0.294 bits per heavy atom. The van der Waals surface area contributed by atoms with Gasteiger partial charge >= 0.3 is 0 Å². The van der Waals surface area contributed by atoms with Crippen LogP contribution in [0.15, 0.2) is 200 Å². The highest BCUT2D eigenvalue weighted by molar-refractivity contribution is 5.91. The van der Waals surface area contributed by atoms with Gasteiger partial charge in [-0.25, -0.2) is 0 Å². The Bertz CT molecular complexity index is 3460. The van der Waals surface area contributed by atoms with E-state index in [9.17, 15) is 0 Å². The minimum atomic E-state index is -0.192. The smallest absolute Gasteiger partial charge is 0.0490 e. The zero-order valence-electron chi connectivity index (χ0n) is 40.1. The summed E-state index contributed by atoms with van der Waals surface area (Å²) in [5.74, 6) is 0. The molecule has 68 heavy (non-hydrogen) atoms. The zero-order valence-corrected chi connectivity index (χ0v) is 40.1. The van der Waals surface area contributed by atoms with Crippen molar-refractivity contribution in [1.82, 2.24) is 0 Å². The lowest BCUT2D eigenvalue weighted by molar-refractivity contribution is 0.659. The molecule has 0 N–H and O–H groups in total. The van der Waals surface area contributed by atoms with Gasteiger partial charge in [-0.2, -0.15) is 0 Å². The lowest BCUT2D eigenvalue weighted by Crippen LogP contribution is -2.18. The summed E-state index contributed by atoms with van der Waals surface area (Å²) in [5, 5.41) is 0. The highest BCUT2D eigenvalue weighted by Crippen LogP contribution is 2.55. The largest absolute Gasteiger partial charge is 0.310 e. The van der Waals surface area contributed by atoms with Crippen LogP contribution in [0, 0.1) is 6.92 Å². The van der Waals surface area contributed by atoms with E-state index in [4.69, 9.17) is 0 Å². The number of hydrogen-bond donors (Lipinski definition) is 0. The van der Waals surface area contributed by atoms with Crippen LogP contribution in [0.3, 0.4) is 0 Å². The Kier molecular flexibility index (Phi) is 9.47. The van der Waals surface area contributed by atoms with Gasteiger partial charge in [0.25, 0.3) is 0 Å². The van der Waals surface area contributed by atoms with Gasteiger partial charge in [-0.3, -0.25) is 0 Å². The molecule has 9 aromatic carbocycles. The van der Waals surface area contributed by atoms with Crippen molar-refractivity contribution < 1.29 is 0 Å². The summed E-state index contributed by atoms with van der Waals surface area (Å²) in [6.07, 6.45) is 4.59. The average molecular weight is 877 g/mol. The maximum absolute atomic E-state index is 2.47. The number of hydrogen-bond acceptors (Lipinski definition) is 2. The fourth-order valence-electron chi connectivity index (χ4n) is 11.8. The molecule has 0 amide bonds. The molecule has 0 spiro atoms. The van der Waals surface area contributed by atoms with Gasteiger partial charge in [0.2, 0.25) is 0 Å². The number of para-hydroxylation sites is 3. The summed E-state index contributed by atoms with van der Waals surface area (Å²) < 4.78 is 0. The van der Waals surface area contributed by atoms with Crippen molar-refractivity contribution in [2.24, 2.45) is 0 Å². The van der Waals surface area contributed by atoms with Gasteiger partial charge in [0.15, 0.2) is 0 Å². The molecule has 2 nitrogen and oxygen atoms in total. The molecule has 2 heteroatoms. The third-order valence-corrected chi connectivity index (χ3v) is 15.6. The molecule has 0 heterocycles. The van der Waals surface area contributed by atoms with Crippen molar-refractivity contribution in [3.63, 3.8) is 0 Å². The SMILES string of the molecule is Cc1ccccc1N(c1ccc2c(c1)C(C)(C)c1ccccc1-2)c1ccc2c(c1)C(C)(C)c1cc(/C=C/c3ccc4c(c3)C(C)(C)c3cc(N(c5ccccc5)c5ccccc5)ccc3-4)ccc1-2. The highest BCUT2D eigenvalue weighted by Gasteiger charge is 2.39. The van der Waals surface area contributed by atoms with E-state index in [1.165, 1.54) is 106 Å². The summed E-state index contributed by atoms with van der Waals surface area (Å²) in [4.78, 5) is 4.83.